The van der Waals surface area contributed by atoms with Crippen molar-refractivity contribution < 1.29 is 5.11 Å². The maximum atomic E-state index is 8.67. The molecule has 1 aromatic rings. The minimum absolute atomic E-state index is 0.189. The minimum atomic E-state index is 0.189. The minimum Gasteiger partial charge on any atom is -0.396 e. The first-order valence-corrected chi connectivity index (χ1v) is 4.79. The van der Waals surface area contributed by atoms with Crippen LogP contribution >= 0.6 is 11.3 Å². The summed E-state index contributed by atoms with van der Waals surface area (Å²) in [5, 5.41) is 11.7. The number of nitrogens with zero attached hydrogens (tertiary/aromatic N) is 2. The van der Waals surface area contributed by atoms with Gasteiger partial charge in [-0.15, -0.1) is 11.3 Å². The van der Waals surface area contributed by atoms with Gasteiger partial charge in [0.1, 0.15) is 0 Å². The second-order valence-corrected chi connectivity index (χ2v) is 3.89. The van der Waals surface area contributed by atoms with Crippen molar-refractivity contribution in [3.8, 4) is 0 Å². The summed E-state index contributed by atoms with van der Waals surface area (Å²) in [7, 11) is 4.04. The molecule has 0 bridgehead atoms. The second-order valence-electron chi connectivity index (χ2n) is 2.94. The second kappa shape index (κ2) is 4.54. The van der Waals surface area contributed by atoms with Gasteiger partial charge in [0, 0.05) is 25.0 Å². The van der Waals surface area contributed by atoms with E-state index in [1.165, 1.54) is 0 Å². The molecule has 0 fully saturated rings. The molecule has 0 spiro atoms. The molecule has 0 amide bonds. The van der Waals surface area contributed by atoms with Crippen LogP contribution in [-0.2, 0) is 13.0 Å². The van der Waals surface area contributed by atoms with E-state index in [9.17, 15) is 0 Å². The Balaban J connectivity index is 2.52. The van der Waals surface area contributed by atoms with Gasteiger partial charge in [0.15, 0.2) is 0 Å². The number of hydrogen-bond acceptors (Lipinski definition) is 4. The van der Waals surface area contributed by atoms with Gasteiger partial charge in [-0.2, -0.15) is 0 Å². The van der Waals surface area contributed by atoms with Crippen LogP contribution in [0, 0.1) is 0 Å². The first-order chi connectivity index (χ1) is 5.72. The van der Waals surface area contributed by atoms with Crippen LogP contribution < -0.4 is 0 Å². The van der Waals surface area contributed by atoms with E-state index in [-0.39, 0.29) is 6.61 Å². The highest BCUT2D eigenvalue weighted by Crippen LogP contribution is 2.10. The molecule has 3 nitrogen and oxygen atoms in total. The lowest BCUT2D eigenvalue weighted by Gasteiger charge is -2.05. The maximum Gasteiger partial charge on any atom is 0.0951 e. The fraction of sp³-hybridized carbons (Fsp3) is 0.625. The number of thiazole rings is 1. The lowest BCUT2D eigenvalue weighted by atomic mass is 10.4. The van der Waals surface area contributed by atoms with E-state index in [1.54, 1.807) is 11.3 Å². The Hall–Kier alpha value is -0.450. The number of hydrogen-bond donors (Lipinski definition) is 1. The summed E-state index contributed by atoms with van der Waals surface area (Å²) in [4.78, 5) is 6.44. The van der Waals surface area contributed by atoms with Crippen molar-refractivity contribution in [3.05, 3.63) is 16.1 Å². The Morgan fingerprint density at radius 3 is 2.92 bits per heavy atom. The monoisotopic (exact) mass is 186 g/mol. The van der Waals surface area contributed by atoms with E-state index in [4.69, 9.17) is 5.11 Å². The van der Waals surface area contributed by atoms with Crippen LogP contribution in [0.25, 0.3) is 0 Å². The number of aliphatic hydroxyl groups is 1. The molecule has 0 aliphatic carbocycles. The van der Waals surface area contributed by atoms with Gasteiger partial charge in [0.25, 0.3) is 0 Å². The molecule has 0 atom stereocenters. The van der Waals surface area contributed by atoms with Crippen molar-refractivity contribution >= 4 is 11.3 Å². The highest BCUT2D eigenvalue weighted by molar-refractivity contribution is 7.09. The van der Waals surface area contributed by atoms with E-state index in [1.807, 2.05) is 19.5 Å². The summed E-state index contributed by atoms with van der Waals surface area (Å²) >= 11 is 1.62. The highest BCUT2D eigenvalue weighted by atomic mass is 32.1. The molecule has 0 aliphatic heterocycles. The largest absolute Gasteiger partial charge is 0.396 e. The fourth-order valence-electron chi connectivity index (χ4n) is 0.956. The van der Waals surface area contributed by atoms with Crippen molar-refractivity contribution in [2.45, 2.75) is 13.0 Å². The number of aliphatic hydroxyl groups excluding tert-OH is 1. The summed E-state index contributed by atoms with van der Waals surface area (Å²) in [6.07, 6.45) is 0.679. The van der Waals surface area contributed by atoms with E-state index in [0.29, 0.717) is 6.42 Å². The highest BCUT2D eigenvalue weighted by Gasteiger charge is 2.01. The maximum absolute atomic E-state index is 8.67. The van der Waals surface area contributed by atoms with Gasteiger partial charge >= 0.3 is 0 Å². The lowest BCUT2D eigenvalue weighted by Crippen LogP contribution is -2.10. The van der Waals surface area contributed by atoms with Crippen molar-refractivity contribution in [3.63, 3.8) is 0 Å². The summed E-state index contributed by atoms with van der Waals surface area (Å²) in [5.74, 6) is 0. The average molecular weight is 186 g/mol. The molecule has 1 heterocycles. The third-order valence-corrected chi connectivity index (χ3v) is 2.36. The van der Waals surface area contributed by atoms with E-state index < -0.39 is 0 Å². The van der Waals surface area contributed by atoms with Crippen LogP contribution in [0.1, 0.15) is 10.7 Å². The van der Waals surface area contributed by atoms with Gasteiger partial charge in [-0.3, -0.25) is 0 Å². The standard InChI is InChI=1S/C8H14N2OS/c1-10(2)5-7-6-12-8(9-7)3-4-11/h6,11H,3-5H2,1-2H3. The Morgan fingerprint density at radius 1 is 1.58 bits per heavy atom. The van der Waals surface area contributed by atoms with Gasteiger partial charge in [0.2, 0.25) is 0 Å². The fourth-order valence-corrected chi connectivity index (χ4v) is 1.73. The van der Waals surface area contributed by atoms with Crippen molar-refractivity contribution in [2.75, 3.05) is 20.7 Å². The predicted octanol–water partition coefficient (Wildman–Crippen LogP) is 0.740. The molecule has 4 heteroatoms. The van der Waals surface area contributed by atoms with Crippen LogP contribution in [0.2, 0.25) is 0 Å². The zero-order chi connectivity index (χ0) is 8.97. The van der Waals surface area contributed by atoms with Crippen molar-refractivity contribution in [2.24, 2.45) is 0 Å². The quantitative estimate of drug-likeness (QED) is 0.753. The summed E-state index contributed by atoms with van der Waals surface area (Å²) in [5.41, 5.74) is 1.09. The molecule has 1 aromatic heterocycles. The van der Waals surface area contributed by atoms with E-state index in [0.717, 1.165) is 17.2 Å². The molecule has 12 heavy (non-hydrogen) atoms. The van der Waals surface area contributed by atoms with Crippen molar-refractivity contribution in [1.29, 1.82) is 0 Å². The first-order valence-electron chi connectivity index (χ1n) is 3.91. The zero-order valence-corrected chi connectivity index (χ0v) is 8.27. The molecule has 1 N–H and O–H groups in total. The van der Waals surface area contributed by atoms with Crippen LogP contribution in [0.3, 0.4) is 0 Å². The van der Waals surface area contributed by atoms with Crippen LogP contribution in [0.15, 0.2) is 5.38 Å². The normalized spacial score (nSPS) is 11.0. The third-order valence-electron chi connectivity index (χ3n) is 1.40. The molecule has 68 valence electrons. The van der Waals surface area contributed by atoms with Crippen LogP contribution in [0.5, 0.6) is 0 Å². The molecule has 0 radical (unpaired) electrons. The Bertz CT molecular complexity index is 235. The van der Waals surface area contributed by atoms with Gasteiger partial charge in [-0.05, 0) is 14.1 Å². The smallest absolute Gasteiger partial charge is 0.0951 e. The zero-order valence-electron chi connectivity index (χ0n) is 7.45. The SMILES string of the molecule is CN(C)Cc1csc(CCO)n1. The average Bonchev–Trinajstić information content (AvgIpc) is 2.36. The summed E-state index contributed by atoms with van der Waals surface area (Å²) in [6.45, 7) is 1.07. The molecule has 0 unspecified atom stereocenters. The Morgan fingerprint density at radius 2 is 2.33 bits per heavy atom. The molecule has 0 aromatic carbocycles. The Labute approximate surface area is 76.7 Å². The summed E-state index contributed by atoms with van der Waals surface area (Å²) in [6, 6.07) is 0. The van der Waals surface area contributed by atoms with Gasteiger partial charge in [0.05, 0.1) is 10.7 Å². The summed E-state index contributed by atoms with van der Waals surface area (Å²) < 4.78 is 0. The van der Waals surface area contributed by atoms with E-state index >= 15 is 0 Å². The van der Waals surface area contributed by atoms with Gasteiger partial charge < -0.3 is 10.0 Å². The van der Waals surface area contributed by atoms with Gasteiger partial charge in [-0.1, -0.05) is 0 Å². The van der Waals surface area contributed by atoms with Gasteiger partial charge in [-0.25, -0.2) is 4.98 Å². The molecule has 0 aliphatic rings. The molecular weight excluding hydrogens is 172 g/mol. The molecular formula is C8H14N2OS. The molecule has 1 rings (SSSR count). The topological polar surface area (TPSA) is 36.4 Å². The number of rotatable bonds is 4. The molecule has 0 saturated heterocycles. The molecule has 0 saturated carbocycles. The van der Waals surface area contributed by atoms with Crippen LogP contribution in [0.4, 0.5) is 0 Å². The Kier molecular flexibility index (Phi) is 3.65. The number of aromatic nitrogens is 1. The third kappa shape index (κ3) is 2.89. The van der Waals surface area contributed by atoms with Crippen LogP contribution in [-0.4, -0.2) is 35.7 Å². The van der Waals surface area contributed by atoms with Crippen molar-refractivity contribution in [1.82, 2.24) is 9.88 Å². The van der Waals surface area contributed by atoms with E-state index in [2.05, 4.69) is 9.88 Å². The predicted molar refractivity (Wildman–Crippen MR) is 50.3 cm³/mol. The first kappa shape index (κ1) is 9.64. The lowest BCUT2D eigenvalue weighted by molar-refractivity contribution is 0.299.